The second kappa shape index (κ2) is 8.96. The minimum Gasteiger partial charge on any atom is -0.493 e. The van der Waals surface area contributed by atoms with E-state index in [9.17, 15) is 8.42 Å². The topological polar surface area (TPSA) is 59.1 Å². The zero-order valence-electron chi connectivity index (χ0n) is 19.6. The molecule has 0 atom stereocenters. The third-order valence-corrected chi connectivity index (χ3v) is 8.13. The van der Waals surface area contributed by atoms with Gasteiger partial charge in [-0.15, -0.1) is 0 Å². The lowest BCUT2D eigenvalue weighted by Gasteiger charge is -2.40. The Morgan fingerprint density at radius 1 is 0.912 bits per heavy atom. The molecule has 3 aromatic rings. The van der Waals surface area contributed by atoms with E-state index in [1.54, 1.807) is 11.4 Å². The zero-order chi connectivity index (χ0) is 23.8. The number of methoxy groups -OCH3 is 1. The Balaban J connectivity index is 1.27. The van der Waals surface area contributed by atoms with E-state index in [1.807, 2.05) is 54.6 Å². The van der Waals surface area contributed by atoms with Crippen molar-refractivity contribution in [2.75, 3.05) is 37.3 Å². The number of nitrogens with zero attached hydrogens (tertiary/aromatic N) is 2. The van der Waals surface area contributed by atoms with Gasteiger partial charge < -0.3 is 9.47 Å². The first-order chi connectivity index (χ1) is 16.4. The quantitative estimate of drug-likeness (QED) is 0.509. The number of hydrogen-bond acceptors (Lipinski definition) is 5. The highest BCUT2D eigenvalue weighted by Crippen LogP contribution is 2.48. The minimum absolute atomic E-state index is 0.106. The van der Waals surface area contributed by atoms with Crippen LogP contribution in [0.5, 0.6) is 17.2 Å². The van der Waals surface area contributed by atoms with Gasteiger partial charge in [-0.1, -0.05) is 42.5 Å². The Labute approximate surface area is 201 Å². The normalized spacial score (nSPS) is 17.5. The van der Waals surface area contributed by atoms with E-state index in [-0.39, 0.29) is 5.41 Å². The van der Waals surface area contributed by atoms with E-state index in [0.717, 1.165) is 43.9 Å². The van der Waals surface area contributed by atoms with Crippen molar-refractivity contribution >= 4 is 15.7 Å². The summed E-state index contributed by atoms with van der Waals surface area (Å²) in [4.78, 5) is 2.44. The molecule has 178 valence electrons. The Morgan fingerprint density at radius 3 is 2.35 bits per heavy atom. The molecule has 6 nitrogen and oxygen atoms in total. The number of likely N-dealkylation sites (tertiary alicyclic amines) is 1. The molecule has 2 aliphatic rings. The highest BCUT2D eigenvalue weighted by atomic mass is 32.2. The number of ether oxygens (including phenoxy) is 2. The van der Waals surface area contributed by atoms with Crippen LogP contribution < -0.4 is 13.8 Å². The Kier molecular flexibility index (Phi) is 6.00. The molecule has 0 aliphatic carbocycles. The van der Waals surface area contributed by atoms with Gasteiger partial charge in [0.2, 0.25) is 10.0 Å². The van der Waals surface area contributed by atoms with Crippen molar-refractivity contribution in [3.63, 3.8) is 0 Å². The van der Waals surface area contributed by atoms with E-state index in [2.05, 4.69) is 23.1 Å². The summed E-state index contributed by atoms with van der Waals surface area (Å²) in [6.07, 6.45) is 3.18. The van der Waals surface area contributed by atoms with Crippen LogP contribution in [-0.2, 0) is 22.0 Å². The van der Waals surface area contributed by atoms with Crippen molar-refractivity contribution in [1.29, 1.82) is 0 Å². The van der Waals surface area contributed by atoms with Gasteiger partial charge in [0.25, 0.3) is 0 Å². The Morgan fingerprint density at radius 2 is 1.62 bits per heavy atom. The predicted octanol–water partition coefficient (Wildman–Crippen LogP) is 4.80. The van der Waals surface area contributed by atoms with Gasteiger partial charge >= 0.3 is 0 Å². The first-order valence-corrected chi connectivity index (χ1v) is 13.4. The minimum atomic E-state index is -3.29. The van der Waals surface area contributed by atoms with Gasteiger partial charge in [0, 0.05) is 18.5 Å². The van der Waals surface area contributed by atoms with E-state index in [0.29, 0.717) is 18.0 Å². The van der Waals surface area contributed by atoms with Crippen molar-refractivity contribution < 1.29 is 17.9 Å². The number of para-hydroxylation sites is 3. The first-order valence-electron chi connectivity index (χ1n) is 11.6. The molecule has 0 unspecified atom stereocenters. The number of piperidine rings is 1. The summed E-state index contributed by atoms with van der Waals surface area (Å²) in [6.45, 7) is 3.21. The summed E-state index contributed by atoms with van der Waals surface area (Å²) in [5, 5.41) is 0. The van der Waals surface area contributed by atoms with Crippen LogP contribution in [-0.4, -0.2) is 46.3 Å². The van der Waals surface area contributed by atoms with Gasteiger partial charge in [-0.3, -0.25) is 9.21 Å². The number of anilines is 1. The second-order valence-electron chi connectivity index (χ2n) is 9.24. The maximum atomic E-state index is 12.4. The molecule has 1 spiro atoms. The van der Waals surface area contributed by atoms with Crippen LogP contribution >= 0.6 is 0 Å². The molecule has 34 heavy (non-hydrogen) atoms. The highest BCUT2D eigenvalue weighted by molar-refractivity contribution is 7.92. The Hall–Kier alpha value is -3.03. The number of sulfonamides is 1. The maximum Gasteiger partial charge on any atom is 0.232 e. The molecule has 0 amide bonds. The fourth-order valence-corrected chi connectivity index (χ4v) is 6.24. The molecule has 1 saturated heterocycles. The van der Waals surface area contributed by atoms with E-state index < -0.39 is 10.0 Å². The summed E-state index contributed by atoms with van der Waals surface area (Å²) in [5.41, 5.74) is 3.10. The molecule has 5 rings (SSSR count). The molecular weight excluding hydrogens is 448 g/mol. The Bertz CT molecular complexity index is 1280. The van der Waals surface area contributed by atoms with Crippen LogP contribution in [0, 0.1) is 0 Å². The van der Waals surface area contributed by atoms with Gasteiger partial charge in [0.05, 0.1) is 19.1 Å². The summed E-state index contributed by atoms with van der Waals surface area (Å²) in [6, 6.07) is 23.8. The van der Waals surface area contributed by atoms with Crippen molar-refractivity contribution in [3.05, 3.63) is 83.9 Å². The van der Waals surface area contributed by atoms with Gasteiger partial charge in [-0.05, 0) is 67.4 Å². The standard InChI is InChI=1S/C27H30N2O4S/c1-32-25-12-5-6-13-26(25)33-22-9-7-8-21(18-22)19-28-16-14-27(15-17-28)20-29(34(2,30)31)24-11-4-3-10-23(24)27/h3-13,18H,14-17,19-20H2,1-2H3. The predicted molar refractivity (Wildman–Crippen MR) is 134 cm³/mol. The van der Waals surface area contributed by atoms with Crippen LogP contribution in [0.1, 0.15) is 24.0 Å². The van der Waals surface area contributed by atoms with E-state index in [1.165, 1.54) is 17.4 Å². The van der Waals surface area contributed by atoms with Crippen molar-refractivity contribution in [2.24, 2.45) is 0 Å². The third-order valence-electron chi connectivity index (χ3n) is 7.01. The summed E-state index contributed by atoms with van der Waals surface area (Å²) < 4.78 is 37.9. The molecule has 0 N–H and O–H groups in total. The van der Waals surface area contributed by atoms with Crippen LogP contribution in [0.25, 0.3) is 0 Å². The van der Waals surface area contributed by atoms with Crippen molar-refractivity contribution in [2.45, 2.75) is 24.8 Å². The molecule has 2 heterocycles. The van der Waals surface area contributed by atoms with Crippen LogP contribution in [0.4, 0.5) is 5.69 Å². The molecule has 0 radical (unpaired) electrons. The highest BCUT2D eigenvalue weighted by Gasteiger charge is 2.46. The van der Waals surface area contributed by atoms with Gasteiger partial charge in [-0.25, -0.2) is 8.42 Å². The molecule has 0 aromatic heterocycles. The van der Waals surface area contributed by atoms with Crippen LogP contribution in [0.3, 0.4) is 0 Å². The average Bonchev–Trinajstić information content (AvgIpc) is 3.16. The lowest BCUT2D eigenvalue weighted by molar-refractivity contribution is 0.161. The summed E-state index contributed by atoms with van der Waals surface area (Å²) in [7, 11) is -1.65. The number of rotatable bonds is 6. The van der Waals surface area contributed by atoms with Crippen LogP contribution in [0.2, 0.25) is 0 Å². The van der Waals surface area contributed by atoms with Crippen molar-refractivity contribution in [1.82, 2.24) is 4.90 Å². The largest absolute Gasteiger partial charge is 0.493 e. The fourth-order valence-electron chi connectivity index (χ4n) is 5.24. The molecular formula is C27H30N2O4S. The molecule has 7 heteroatoms. The molecule has 3 aromatic carbocycles. The number of hydrogen-bond donors (Lipinski definition) is 0. The zero-order valence-corrected chi connectivity index (χ0v) is 20.4. The van der Waals surface area contributed by atoms with Crippen molar-refractivity contribution in [3.8, 4) is 17.2 Å². The smallest absolute Gasteiger partial charge is 0.232 e. The fraction of sp³-hybridized carbons (Fsp3) is 0.333. The maximum absolute atomic E-state index is 12.4. The molecule has 1 fully saturated rings. The molecule has 0 saturated carbocycles. The van der Waals surface area contributed by atoms with E-state index in [4.69, 9.17) is 9.47 Å². The van der Waals surface area contributed by atoms with Gasteiger partial charge in [0.15, 0.2) is 11.5 Å². The second-order valence-corrected chi connectivity index (χ2v) is 11.2. The van der Waals surface area contributed by atoms with Gasteiger partial charge in [0.1, 0.15) is 5.75 Å². The van der Waals surface area contributed by atoms with E-state index >= 15 is 0 Å². The first kappa shape index (κ1) is 22.7. The number of fused-ring (bicyclic) bond motifs is 2. The third kappa shape index (κ3) is 4.38. The SMILES string of the molecule is COc1ccccc1Oc1cccc(CN2CCC3(CC2)CN(S(C)(=O)=O)c2ccccc23)c1. The lowest BCUT2D eigenvalue weighted by atomic mass is 9.74. The molecule has 0 bridgehead atoms. The molecule has 2 aliphatic heterocycles. The van der Waals surface area contributed by atoms with Crippen LogP contribution in [0.15, 0.2) is 72.8 Å². The monoisotopic (exact) mass is 478 g/mol. The summed E-state index contributed by atoms with van der Waals surface area (Å²) >= 11 is 0. The average molecular weight is 479 g/mol. The van der Waals surface area contributed by atoms with Gasteiger partial charge in [-0.2, -0.15) is 0 Å². The lowest BCUT2D eigenvalue weighted by Crippen LogP contribution is -2.45. The number of benzene rings is 3. The summed E-state index contributed by atoms with van der Waals surface area (Å²) in [5.74, 6) is 2.18.